The summed E-state index contributed by atoms with van der Waals surface area (Å²) in [4.78, 5) is 12.6. The van der Waals surface area contributed by atoms with Crippen LogP contribution in [0.5, 0.6) is 0 Å². The maximum Gasteiger partial charge on any atom is 0.343 e. The molecule has 1 aliphatic heterocycles. The van der Waals surface area contributed by atoms with Gasteiger partial charge in [-0.25, -0.2) is 4.79 Å². The number of rotatable bonds is 21. The lowest BCUT2D eigenvalue weighted by atomic mass is 9.57. The molecular weight excluding hydrogens is 733 g/mol. The van der Waals surface area contributed by atoms with Crippen molar-refractivity contribution < 1.29 is 29.6 Å². The standard InChI is InChI=1S/C53H78O6/c1-10-11-12-13-14-15-16-17-18-19-20-21-24-27-34-58-47-36-43(4)48(50(5,6)40-47)31-30-41(2)28-25-22-23-26-29-42(3)35-46-37-44(49(55)59-46)32-33-53(57)51(7,8)38-45(54)39-52(53,9)56/h22-23,25-29,32-35,37,45,47,54,56-57H,10-21,24,36,38-40H2,1-9H3. The third kappa shape index (κ3) is 16.1. The van der Waals surface area contributed by atoms with E-state index in [-0.39, 0.29) is 23.5 Å². The molecule has 59 heavy (non-hydrogen) atoms. The summed E-state index contributed by atoms with van der Waals surface area (Å²) in [6, 6.07) is 0. The van der Waals surface area contributed by atoms with Gasteiger partial charge in [0.2, 0.25) is 0 Å². The predicted octanol–water partition coefficient (Wildman–Crippen LogP) is 12.7. The molecule has 4 atom stereocenters. The van der Waals surface area contributed by atoms with Crippen molar-refractivity contribution in [1.82, 2.24) is 0 Å². The summed E-state index contributed by atoms with van der Waals surface area (Å²) < 4.78 is 11.6. The van der Waals surface area contributed by atoms with Crippen LogP contribution in [-0.2, 0) is 14.3 Å². The van der Waals surface area contributed by atoms with Crippen LogP contribution in [0.2, 0.25) is 0 Å². The highest BCUT2D eigenvalue weighted by atomic mass is 16.5. The second kappa shape index (κ2) is 24.0. The van der Waals surface area contributed by atoms with Crippen molar-refractivity contribution in [3.05, 3.63) is 107 Å². The molecule has 3 aliphatic rings. The molecule has 1 fully saturated rings. The van der Waals surface area contributed by atoms with Gasteiger partial charge >= 0.3 is 5.97 Å². The minimum Gasteiger partial charge on any atom is -0.498 e. The second-order valence-electron chi connectivity index (χ2n) is 18.9. The van der Waals surface area contributed by atoms with Gasteiger partial charge in [-0.2, -0.15) is 0 Å². The van der Waals surface area contributed by atoms with E-state index in [9.17, 15) is 20.1 Å². The maximum absolute atomic E-state index is 12.6. The third-order valence-corrected chi connectivity index (χ3v) is 12.2. The molecule has 326 valence electrons. The van der Waals surface area contributed by atoms with Gasteiger partial charge in [-0.05, 0) is 94.9 Å². The second-order valence-corrected chi connectivity index (χ2v) is 18.9. The van der Waals surface area contributed by atoms with Crippen molar-refractivity contribution >= 4 is 5.97 Å². The lowest BCUT2D eigenvalue weighted by Gasteiger charge is -2.54. The fraction of sp³-hybridized carbons (Fsp3) is 0.604. The van der Waals surface area contributed by atoms with Crippen LogP contribution in [0.1, 0.15) is 171 Å². The van der Waals surface area contributed by atoms with Gasteiger partial charge in [0, 0.05) is 29.2 Å². The Morgan fingerprint density at radius 2 is 1.47 bits per heavy atom. The zero-order chi connectivity index (χ0) is 43.5. The fourth-order valence-electron chi connectivity index (χ4n) is 8.86. The Kier molecular flexibility index (Phi) is 20.2. The zero-order valence-electron chi connectivity index (χ0n) is 38.2. The molecule has 0 saturated heterocycles. The van der Waals surface area contributed by atoms with E-state index in [0.717, 1.165) is 30.4 Å². The van der Waals surface area contributed by atoms with Crippen molar-refractivity contribution in [2.45, 2.75) is 195 Å². The first-order valence-electron chi connectivity index (χ1n) is 22.6. The molecule has 0 aromatic carbocycles. The molecule has 6 nitrogen and oxygen atoms in total. The van der Waals surface area contributed by atoms with E-state index in [1.807, 2.05) is 56.6 Å². The number of aliphatic hydroxyl groups is 3. The van der Waals surface area contributed by atoms with Crippen LogP contribution in [0.3, 0.4) is 0 Å². The molecule has 0 spiro atoms. The van der Waals surface area contributed by atoms with Gasteiger partial charge < -0.3 is 24.8 Å². The summed E-state index contributed by atoms with van der Waals surface area (Å²) in [5.41, 5.74) is 0.598. The molecule has 0 aromatic rings. The average Bonchev–Trinajstić information content (AvgIpc) is 3.49. The molecule has 1 saturated carbocycles. The van der Waals surface area contributed by atoms with Gasteiger partial charge in [-0.15, -0.1) is 0 Å². The summed E-state index contributed by atoms with van der Waals surface area (Å²) in [7, 11) is 0. The Morgan fingerprint density at radius 1 is 0.864 bits per heavy atom. The smallest absolute Gasteiger partial charge is 0.343 e. The van der Waals surface area contributed by atoms with E-state index in [2.05, 4.69) is 45.6 Å². The largest absolute Gasteiger partial charge is 0.498 e. The van der Waals surface area contributed by atoms with E-state index in [1.54, 1.807) is 26.0 Å². The van der Waals surface area contributed by atoms with Gasteiger partial charge in [0.05, 0.1) is 23.5 Å². The molecule has 1 heterocycles. The number of ether oxygens (including phenoxy) is 2. The van der Waals surface area contributed by atoms with Crippen LogP contribution in [-0.4, -0.2) is 44.7 Å². The molecule has 0 bridgehead atoms. The Balaban J connectivity index is 1.43. The topological polar surface area (TPSA) is 96.2 Å². The first-order chi connectivity index (χ1) is 27.9. The number of carbonyl (C=O) groups is 1. The fourth-order valence-corrected chi connectivity index (χ4v) is 8.86. The van der Waals surface area contributed by atoms with Crippen molar-refractivity contribution in [1.29, 1.82) is 0 Å². The molecule has 3 rings (SSSR count). The summed E-state index contributed by atoms with van der Waals surface area (Å²) in [6.45, 7) is 18.1. The minimum absolute atomic E-state index is 0.0359. The number of cyclic esters (lactones) is 1. The van der Waals surface area contributed by atoms with E-state index in [4.69, 9.17) is 9.47 Å². The normalized spacial score (nSPS) is 27.0. The highest BCUT2D eigenvalue weighted by molar-refractivity contribution is 5.95. The Labute approximate surface area is 358 Å². The highest BCUT2D eigenvalue weighted by Gasteiger charge is 2.58. The van der Waals surface area contributed by atoms with E-state index in [1.165, 1.54) is 107 Å². The molecular formula is C53H78O6. The van der Waals surface area contributed by atoms with Gasteiger partial charge in [-0.3, -0.25) is 0 Å². The van der Waals surface area contributed by atoms with Crippen molar-refractivity contribution in [3.63, 3.8) is 0 Å². The van der Waals surface area contributed by atoms with Gasteiger partial charge in [-0.1, -0.05) is 159 Å². The molecule has 3 N–H and O–H groups in total. The van der Waals surface area contributed by atoms with Crippen LogP contribution in [0.25, 0.3) is 0 Å². The van der Waals surface area contributed by atoms with Crippen LogP contribution < -0.4 is 0 Å². The average molecular weight is 811 g/mol. The maximum atomic E-state index is 12.6. The number of aliphatic hydroxyl groups excluding tert-OH is 1. The van der Waals surface area contributed by atoms with Crippen LogP contribution >= 0.6 is 0 Å². The predicted molar refractivity (Wildman–Crippen MR) is 245 cm³/mol. The van der Waals surface area contributed by atoms with Gasteiger partial charge in [0.25, 0.3) is 0 Å². The van der Waals surface area contributed by atoms with E-state index < -0.39 is 28.7 Å². The lowest BCUT2D eigenvalue weighted by molar-refractivity contribution is -0.216. The number of hydrogen-bond donors (Lipinski definition) is 3. The molecule has 6 heteroatoms. The van der Waals surface area contributed by atoms with E-state index >= 15 is 0 Å². The number of carbonyl (C=O) groups excluding carboxylic acids is 1. The lowest BCUT2D eigenvalue weighted by Crippen LogP contribution is -2.65. The van der Waals surface area contributed by atoms with Crippen molar-refractivity contribution in [3.8, 4) is 11.8 Å². The summed E-state index contributed by atoms with van der Waals surface area (Å²) >= 11 is 0. The van der Waals surface area contributed by atoms with Crippen molar-refractivity contribution in [2.24, 2.45) is 10.8 Å². The van der Waals surface area contributed by atoms with Gasteiger partial charge in [0.15, 0.2) is 0 Å². The van der Waals surface area contributed by atoms with Crippen LogP contribution in [0.4, 0.5) is 0 Å². The Hall–Kier alpha value is -3.63. The number of esters is 1. The molecule has 0 radical (unpaired) electrons. The molecule has 0 aromatic heterocycles. The first-order valence-corrected chi connectivity index (χ1v) is 22.6. The number of allylic oxidation sites excluding steroid dienone is 12. The Bertz CT molecular complexity index is 1700. The SMILES string of the molecule is CCCCCCCCCCCCCCC=COC1CC(C)=C(C#CC(C)=CC=CC=CC=C(C)C=C2C=C(C=CC3(O)C(C)(C)CC(O)CC3(C)O)C(=O)O2)C(C)(C)C1. The van der Waals surface area contributed by atoms with E-state index in [0.29, 0.717) is 12.2 Å². The van der Waals surface area contributed by atoms with Crippen LogP contribution in [0.15, 0.2) is 107 Å². The summed E-state index contributed by atoms with van der Waals surface area (Å²) in [5, 5.41) is 32.7. The quantitative estimate of drug-likeness (QED) is 0.0351. The minimum atomic E-state index is -1.65. The zero-order valence-corrected chi connectivity index (χ0v) is 38.2. The number of unbranched alkanes of at least 4 members (excludes halogenated alkanes) is 12. The van der Waals surface area contributed by atoms with Crippen molar-refractivity contribution in [2.75, 3.05) is 0 Å². The first kappa shape index (κ1) is 49.7. The molecule has 4 unspecified atom stereocenters. The Morgan fingerprint density at radius 3 is 2.08 bits per heavy atom. The van der Waals surface area contributed by atoms with Crippen LogP contribution in [0, 0.1) is 22.7 Å². The summed E-state index contributed by atoms with van der Waals surface area (Å²) in [6.07, 6.45) is 41.5. The molecule has 2 aliphatic carbocycles. The number of hydrogen-bond acceptors (Lipinski definition) is 6. The van der Waals surface area contributed by atoms with Gasteiger partial charge in [0.1, 0.15) is 17.5 Å². The highest BCUT2D eigenvalue weighted by Crippen LogP contribution is 2.50. The monoisotopic (exact) mass is 811 g/mol. The molecule has 0 amide bonds. The third-order valence-electron chi connectivity index (χ3n) is 12.2. The summed E-state index contributed by atoms with van der Waals surface area (Å²) in [5.74, 6) is 6.72.